The number of nitrogens with zero attached hydrogens (tertiary/aromatic N) is 3. The molecule has 2 rings (SSSR count). The van der Waals surface area contributed by atoms with Crippen molar-refractivity contribution in [2.24, 2.45) is 0 Å². The molecule has 19 heavy (non-hydrogen) atoms. The summed E-state index contributed by atoms with van der Waals surface area (Å²) in [5.74, 6) is 0.842. The van der Waals surface area contributed by atoms with E-state index >= 15 is 0 Å². The van der Waals surface area contributed by atoms with Crippen molar-refractivity contribution in [1.82, 2.24) is 25.4 Å². The van der Waals surface area contributed by atoms with Crippen LogP contribution in [-0.4, -0.2) is 50.4 Å². The fourth-order valence-corrected chi connectivity index (χ4v) is 2.47. The summed E-state index contributed by atoms with van der Waals surface area (Å²) in [4.78, 5) is 29.0. The smallest absolute Gasteiger partial charge is 0.324 e. The minimum absolute atomic E-state index is 0.212. The van der Waals surface area contributed by atoms with Crippen LogP contribution in [0.2, 0.25) is 0 Å². The van der Waals surface area contributed by atoms with Gasteiger partial charge in [0.25, 0.3) is 0 Å². The molecular weight excluding hydrogens is 266 g/mol. The summed E-state index contributed by atoms with van der Waals surface area (Å²) in [5.41, 5.74) is 0. The molecule has 1 aliphatic rings. The molecule has 0 spiro atoms. The van der Waals surface area contributed by atoms with Gasteiger partial charge in [-0.05, 0) is 6.92 Å². The second-order valence-corrected chi connectivity index (χ2v) is 5.95. The zero-order chi connectivity index (χ0) is 14.0. The summed E-state index contributed by atoms with van der Waals surface area (Å²) in [6.07, 6.45) is 0. The summed E-state index contributed by atoms with van der Waals surface area (Å²) in [6.45, 7) is 6.72. The number of aromatic amines is 1. The van der Waals surface area contributed by atoms with E-state index in [9.17, 15) is 9.59 Å². The highest BCUT2D eigenvalue weighted by Crippen LogP contribution is 2.22. The highest BCUT2D eigenvalue weighted by Gasteiger charge is 2.30. The molecule has 1 fully saturated rings. The molecule has 7 nitrogen and oxygen atoms in total. The first-order chi connectivity index (χ1) is 8.99. The van der Waals surface area contributed by atoms with Crippen molar-refractivity contribution < 1.29 is 9.59 Å². The molecule has 0 saturated carbocycles. The summed E-state index contributed by atoms with van der Waals surface area (Å²) in [5, 5.41) is 9.65. The quantitative estimate of drug-likeness (QED) is 0.803. The molecule has 1 saturated heterocycles. The van der Waals surface area contributed by atoms with Crippen molar-refractivity contribution in [2.75, 3.05) is 13.1 Å². The van der Waals surface area contributed by atoms with Crippen molar-refractivity contribution in [3.8, 4) is 0 Å². The van der Waals surface area contributed by atoms with Gasteiger partial charge in [-0.3, -0.25) is 14.8 Å². The van der Waals surface area contributed by atoms with E-state index in [-0.39, 0.29) is 23.1 Å². The number of H-pyrrole nitrogens is 1. The largest absolute Gasteiger partial charge is 0.336 e. The van der Waals surface area contributed by atoms with Gasteiger partial charge in [0, 0.05) is 19.0 Å². The Kier molecular flexibility index (Phi) is 4.08. The Labute approximate surface area is 115 Å². The molecule has 0 radical (unpaired) electrons. The number of carbonyl (C=O) groups is 2. The molecule has 1 aliphatic heterocycles. The van der Waals surface area contributed by atoms with Gasteiger partial charge in [-0.25, -0.2) is 9.78 Å². The Hall–Kier alpha value is -1.57. The molecule has 0 unspecified atom stereocenters. The van der Waals surface area contributed by atoms with Crippen LogP contribution in [0, 0.1) is 0 Å². The molecule has 0 aromatic carbocycles. The molecule has 0 bridgehead atoms. The van der Waals surface area contributed by atoms with Crippen molar-refractivity contribution in [1.29, 1.82) is 0 Å². The van der Waals surface area contributed by atoms with Crippen LogP contribution >= 0.6 is 11.8 Å². The van der Waals surface area contributed by atoms with Gasteiger partial charge >= 0.3 is 6.03 Å². The number of aromatic nitrogens is 3. The molecule has 3 amide bonds. The average molecular weight is 283 g/mol. The van der Waals surface area contributed by atoms with Gasteiger partial charge in [0.15, 0.2) is 0 Å². The van der Waals surface area contributed by atoms with Gasteiger partial charge in [0.1, 0.15) is 5.82 Å². The maximum absolute atomic E-state index is 12.1. The lowest BCUT2D eigenvalue weighted by Crippen LogP contribution is -2.38. The molecule has 1 aromatic rings. The number of thioether (sulfide) groups is 1. The van der Waals surface area contributed by atoms with Gasteiger partial charge in [-0.1, -0.05) is 25.6 Å². The van der Waals surface area contributed by atoms with E-state index in [1.54, 1.807) is 6.92 Å². The van der Waals surface area contributed by atoms with E-state index in [0.717, 1.165) is 5.82 Å². The molecule has 8 heteroatoms. The highest BCUT2D eigenvalue weighted by atomic mass is 32.2. The summed E-state index contributed by atoms with van der Waals surface area (Å²) in [6, 6.07) is -0.324. The van der Waals surface area contributed by atoms with Crippen LogP contribution in [0.15, 0.2) is 5.16 Å². The zero-order valence-electron chi connectivity index (χ0n) is 11.1. The lowest BCUT2D eigenvalue weighted by molar-refractivity contribution is -0.126. The molecule has 1 atom stereocenters. The number of imide groups is 1. The topological polar surface area (TPSA) is 91.0 Å². The third-order valence-electron chi connectivity index (χ3n) is 2.78. The minimum Gasteiger partial charge on any atom is -0.336 e. The first kappa shape index (κ1) is 13.9. The molecular formula is C11H17N5O2S. The SMILES string of the molecule is CC(C)c1nc(S[C@H](C)C(=O)N2CCNC2=O)n[nH]1. The number of amides is 3. The fourth-order valence-electron chi connectivity index (χ4n) is 1.68. The maximum atomic E-state index is 12.1. The third-order valence-corrected chi connectivity index (χ3v) is 3.73. The van der Waals surface area contributed by atoms with Crippen LogP contribution in [0.4, 0.5) is 4.79 Å². The van der Waals surface area contributed by atoms with Gasteiger partial charge in [0.05, 0.1) is 5.25 Å². The Morgan fingerprint density at radius 1 is 1.42 bits per heavy atom. The summed E-state index contributed by atoms with van der Waals surface area (Å²) < 4.78 is 0. The van der Waals surface area contributed by atoms with Gasteiger partial charge in [0.2, 0.25) is 11.1 Å². The van der Waals surface area contributed by atoms with Crippen LogP contribution < -0.4 is 5.32 Å². The lowest BCUT2D eigenvalue weighted by Gasteiger charge is -2.15. The first-order valence-electron chi connectivity index (χ1n) is 6.17. The first-order valence-corrected chi connectivity index (χ1v) is 7.05. The van der Waals surface area contributed by atoms with E-state index < -0.39 is 0 Å². The molecule has 2 heterocycles. The number of nitrogens with one attached hydrogen (secondary N) is 2. The number of hydrogen-bond donors (Lipinski definition) is 2. The third kappa shape index (κ3) is 3.06. The van der Waals surface area contributed by atoms with Crippen LogP contribution in [0.5, 0.6) is 0 Å². The fraction of sp³-hybridized carbons (Fsp3) is 0.636. The van der Waals surface area contributed by atoms with Crippen molar-refractivity contribution in [3.63, 3.8) is 0 Å². The van der Waals surface area contributed by atoms with Crippen LogP contribution in [-0.2, 0) is 4.79 Å². The van der Waals surface area contributed by atoms with Crippen molar-refractivity contribution in [3.05, 3.63) is 5.82 Å². The summed E-state index contributed by atoms with van der Waals surface area (Å²) >= 11 is 1.25. The number of rotatable bonds is 4. The standard InChI is InChI=1S/C11H17N5O2S/c1-6(2)8-13-10(15-14-8)19-7(3)9(17)16-5-4-12-11(16)18/h6-7H,4-5H2,1-3H3,(H,12,18)(H,13,14,15)/t7-/m1/s1. The minimum atomic E-state index is -0.389. The Bertz CT molecular complexity index is 487. The summed E-state index contributed by atoms with van der Waals surface area (Å²) in [7, 11) is 0. The Morgan fingerprint density at radius 2 is 2.16 bits per heavy atom. The predicted molar refractivity (Wildman–Crippen MR) is 70.9 cm³/mol. The number of hydrogen-bond acceptors (Lipinski definition) is 5. The van der Waals surface area contributed by atoms with Crippen molar-refractivity contribution >= 4 is 23.7 Å². The zero-order valence-corrected chi connectivity index (χ0v) is 12.0. The lowest BCUT2D eigenvalue weighted by atomic mass is 10.2. The van der Waals surface area contributed by atoms with Gasteiger partial charge in [-0.2, -0.15) is 0 Å². The molecule has 1 aromatic heterocycles. The predicted octanol–water partition coefficient (Wildman–Crippen LogP) is 0.960. The molecule has 2 N–H and O–H groups in total. The molecule has 0 aliphatic carbocycles. The van der Waals surface area contributed by atoms with Crippen molar-refractivity contribution in [2.45, 2.75) is 37.1 Å². The second-order valence-electron chi connectivity index (χ2n) is 4.64. The van der Waals surface area contributed by atoms with Gasteiger partial charge < -0.3 is 5.32 Å². The van der Waals surface area contributed by atoms with Crippen LogP contribution in [0.3, 0.4) is 0 Å². The van der Waals surface area contributed by atoms with Crippen LogP contribution in [0.25, 0.3) is 0 Å². The Balaban J connectivity index is 1.97. The monoisotopic (exact) mass is 283 g/mol. The Morgan fingerprint density at radius 3 is 2.68 bits per heavy atom. The van der Waals surface area contributed by atoms with E-state index in [0.29, 0.717) is 18.2 Å². The maximum Gasteiger partial charge on any atom is 0.324 e. The molecule has 104 valence electrons. The average Bonchev–Trinajstić information content (AvgIpc) is 2.97. The van der Waals surface area contributed by atoms with E-state index in [1.807, 2.05) is 13.8 Å². The van der Waals surface area contributed by atoms with E-state index in [2.05, 4.69) is 20.5 Å². The highest BCUT2D eigenvalue weighted by molar-refractivity contribution is 8.00. The number of urea groups is 1. The normalized spacial score (nSPS) is 16.8. The van der Waals surface area contributed by atoms with Crippen LogP contribution in [0.1, 0.15) is 32.5 Å². The number of carbonyl (C=O) groups excluding carboxylic acids is 2. The van der Waals surface area contributed by atoms with E-state index in [1.165, 1.54) is 16.7 Å². The van der Waals surface area contributed by atoms with Gasteiger partial charge in [-0.15, -0.1) is 5.10 Å². The second kappa shape index (κ2) is 5.60. The van der Waals surface area contributed by atoms with E-state index in [4.69, 9.17) is 0 Å².